The number of aryl methyl sites for hydroxylation is 1. The molecule has 428 valence electrons. The fourth-order valence-corrected chi connectivity index (χ4v) is 10.1. The topological polar surface area (TPSA) is 326 Å². The van der Waals surface area contributed by atoms with Gasteiger partial charge in [-0.05, 0) is 60.9 Å². The molecule has 0 bridgehead atoms. The van der Waals surface area contributed by atoms with E-state index in [1.807, 2.05) is 0 Å². The second kappa shape index (κ2) is 26.2. The first-order valence-corrected chi connectivity index (χ1v) is 26.5. The summed E-state index contributed by atoms with van der Waals surface area (Å²) in [5.41, 5.74) is 1.87. The lowest BCUT2D eigenvalue weighted by Crippen LogP contribution is -2.44. The largest absolute Gasteiger partial charge is 0.458 e. The molecule has 0 saturated carbocycles. The Kier molecular flexibility index (Phi) is 18.9. The fourth-order valence-electron chi connectivity index (χ4n) is 10.1. The smallest absolute Gasteiger partial charge is 0.407 e. The lowest BCUT2D eigenvalue weighted by atomic mass is 9.81. The summed E-state index contributed by atoms with van der Waals surface area (Å²) in [6.45, 7) is 1.66. The summed E-state index contributed by atoms with van der Waals surface area (Å²) < 4.78 is 37.9. The highest BCUT2D eigenvalue weighted by Gasteiger charge is 2.46. The molecule has 3 aliphatic heterocycles. The van der Waals surface area contributed by atoms with Gasteiger partial charge in [-0.2, -0.15) is 0 Å². The van der Waals surface area contributed by atoms with E-state index in [-0.39, 0.29) is 115 Å². The molecule has 81 heavy (non-hydrogen) atoms. The molecule has 2 aromatic carbocycles. The van der Waals surface area contributed by atoms with Crippen LogP contribution in [0.1, 0.15) is 96.9 Å². The molecule has 0 saturated heterocycles. The third kappa shape index (κ3) is 13.7. The molecule has 2 aromatic heterocycles. The number of hydrogen-bond donors (Lipinski definition) is 6. The van der Waals surface area contributed by atoms with Crippen molar-refractivity contribution in [2.75, 3.05) is 52.8 Å². The Morgan fingerprint density at radius 3 is 2.35 bits per heavy atom. The van der Waals surface area contributed by atoms with Crippen molar-refractivity contribution in [1.82, 2.24) is 41.0 Å². The number of cyclic esters (lactones) is 1. The number of ketones is 2. The van der Waals surface area contributed by atoms with Crippen LogP contribution in [0.25, 0.3) is 22.3 Å². The van der Waals surface area contributed by atoms with Crippen molar-refractivity contribution in [2.24, 2.45) is 0 Å². The number of alkyl carbamates (subject to hydrolysis) is 1. The minimum atomic E-state index is -2.06. The maximum absolute atomic E-state index is 15.4. The van der Waals surface area contributed by atoms with Crippen LogP contribution in [0.4, 0.5) is 9.18 Å². The molecule has 24 nitrogen and oxygen atoms in total. The van der Waals surface area contributed by atoms with E-state index >= 15 is 4.39 Å². The lowest BCUT2D eigenvalue weighted by Gasteiger charge is -2.31. The van der Waals surface area contributed by atoms with Gasteiger partial charge in [0.15, 0.2) is 17.2 Å². The predicted molar refractivity (Wildman–Crippen MR) is 282 cm³/mol. The van der Waals surface area contributed by atoms with Crippen LogP contribution >= 0.6 is 0 Å². The second-order valence-electron chi connectivity index (χ2n) is 19.7. The van der Waals surface area contributed by atoms with Crippen molar-refractivity contribution in [3.8, 4) is 11.4 Å². The fraction of sp³-hybridized carbons (Fsp3) is 0.429. The van der Waals surface area contributed by atoms with E-state index in [0.29, 0.717) is 51.8 Å². The first kappa shape index (κ1) is 58.6. The van der Waals surface area contributed by atoms with E-state index in [2.05, 4.69) is 26.6 Å². The number of imide groups is 1. The molecule has 4 aromatic rings. The van der Waals surface area contributed by atoms with Gasteiger partial charge in [0.2, 0.25) is 23.6 Å². The zero-order valence-corrected chi connectivity index (χ0v) is 44.6. The van der Waals surface area contributed by atoms with E-state index < -0.39 is 95.4 Å². The van der Waals surface area contributed by atoms with Crippen LogP contribution in [0.5, 0.6) is 0 Å². The van der Waals surface area contributed by atoms with Crippen molar-refractivity contribution >= 4 is 70.0 Å². The van der Waals surface area contributed by atoms with Gasteiger partial charge >= 0.3 is 12.1 Å². The van der Waals surface area contributed by atoms with Gasteiger partial charge in [-0.1, -0.05) is 37.3 Å². The molecule has 4 aliphatic rings. The van der Waals surface area contributed by atoms with Gasteiger partial charge in [-0.3, -0.25) is 48.1 Å². The minimum absolute atomic E-state index is 0.0182. The van der Waals surface area contributed by atoms with Crippen molar-refractivity contribution in [1.29, 1.82) is 0 Å². The Balaban J connectivity index is 0.758. The Hall–Kier alpha value is -8.55. The van der Waals surface area contributed by atoms with Gasteiger partial charge in [-0.15, -0.1) is 0 Å². The lowest BCUT2D eigenvalue weighted by molar-refractivity contribution is -0.172. The average molecular weight is 1120 g/mol. The van der Waals surface area contributed by atoms with Crippen LogP contribution in [0, 0.1) is 12.7 Å². The van der Waals surface area contributed by atoms with E-state index in [4.69, 9.17) is 23.9 Å². The Morgan fingerprint density at radius 2 is 1.59 bits per heavy atom. The van der Waals surface area contributed by atoms with Crippen molar-refractivity contribution < 1.29 is 76.4 Å². The maximum Gasteiger partial charge on any atom is 0.407 e. The highest BCUT2D eigenvalue weighted by Crippen LogP contribution is 2.46. The zero-order chi connectivity index (χ0) is 58.0. The van der Waals surface area contributed by atoms with Crippen LogP contribution in [0.3, 0.4) is 0 Å². The second-order valence-corrected chi connectivity index (χ2v) is 19.7. The molecule has 25 heteroatoms. The number of fused-ring (bicyclic) bond motifs is 5. The molecule has 0 radical (unpaired) electrons. The van der Waals surface area contributed by atoms with Crippen LogP contribution in [0.15, 0.2) is 59.4 Å². The maximum atomic E-state index is 15.4. The first-order chi connectivity index (χ1) is 38.9. The third-order valence-corrected chi connectivity index (χ3v) is 14.5. The highest BCUT2D eigenvalue weighted by atomic mass is 19.1. The van der Waals surface area contributed by atoms with Gasteiger partial charge in [-0.25, -0.2) is 19.0 Å². The molecular weight excluding hydrogens is 1060 g/mol. The van der Waals surface area contributed by atoms with E-state index in [1.165, 1.54) is 10.6 Å². The number of aliphatic hydroxyl groups is 1. The molecule has 3 atom stereocenters. The van der Waals surface area contributed by atoms with Crippen molar-refractivity contribution in [3.63, 3.8) is 0 Å². The normalized spacial score (nSPS) is 16.9. The van der Waals surface area contributed by atoms with Crippen LogP contribution < -0.4 is 32.1 Å². The van der Waals surface area contributed by atoms with Gasteiger partial charge in [0.1, 0.15) is 32.4 Å². The van der Waals surface area contributed by atoms with Crippen LogP contribution in [0.2, 0.25) is 0 Å². The molecule has 7 amide bonds. The van der Waals surface area contributed by atoms with Gasteiger partial charge < -0.3 is 55.2 Å². The monoisotopic (exact) mass is 1120 g/mol. The number of benzene rings is 2. The summed E-state index contributed by atoms with van der Waals surface area (Å²) in [7, 11) is 0. The quantitative estimate of drug-likeness (QED) is 0.0187. The molecule has 5 heterocycles. The highest BCUT2D eigenvalue weighted by molar-refractivity contribution is 6.13. The number of halogens is 1. The number of Topliss-reactive ketones (excluding diaryl/α,β-unsaturated/α-hetero) is 2. The number of carbonyl (C=O) groups is 10. The Labute approximate surface area is 462 Å². The van der Waals surface area contributed by atoms with E-state index in [0.717, 1.165) is 28.2 Å². The summed E-state index contributed by atoms with van der Waals surface area (Å²) in [5, 5.41) is 25.1. The molecule has 0 unspecified atom stereocenters. The standard InChI is InChI=1S/C56H61FN8O16/c1-3-56(77)37-24-42-52-35(27-65(42)53(74)36(37)28-81-54(56)75)51-39(11-10-34-31(2)38(57)25-41(63-52)50(34)51)61-47(71)29-79-30-60-44(68)14-12-43(67)40(23-32-7-5-4-6-8-32)62-46(70)13-9-33(66)26-59-55(76)80-22-21-78-20-18-58-45(69)17-19-64-48(72)15-16-49(64)73/h4-8,15-16,24-25,39-40,77H,3,9-14,17-23,26-30H2,1-2H3,(H,58,69)(H,59,76)(H,60,68)(H,61,71)(H,62,70)/t39-,40-,56-/m0/s1. The summed E-state index contributed by atoms with van der Waals surface area (Å²) >= 11 is 0. The number of ether oxygens (including phenoxy) is 4. The van der Waals surface area contributed by atoms with E-state index in [9.17, 15) is 57.8 Å². The van der Waals surface area contributed by atoms with Crippen molar-refractivity contribution in [2.45, 2.75) is 102 Å². The SMILES string of the molecule is CC[C@@]1(O)C(=O)OCc2c1cc1n(c2=O)Cc2c-1nc1cc(F)c(C)c3c1c2[C@@H](NC(=O)COCNC(=O)CCC(=O)[C@H](Cc1ccccc1)NC(=O)CCC(=O)CNC(=O)OCCOCCNC(=O)CCN1C(=O)C=CC1=O)CC3. The number of nitrogens with zero attached hydrogens (tertiary/aromatic N) is 3. The number of esters is 1. The number of amides is 7. The summed E-state index contributed by atoms with van der Waals surface area (Å²) in [6.07, 6.45) is 0.954. The Morgan fingerprint density at radius 1 is 0.852 bits per heavy atom. The first-order valence-electron chi connectivity index (χ1n) is 26.5. The molecular formula is C56H61FN8O16. The molecule has 1 aliphatic carbocycles. The number of carbonyl (C=O) groups excluding carboxylic acids is 10. The minimum Gasteiger partial charge on any atom is -0.458 e. The Bertz CT molecular complexity index is 3270. The van der Waals surface area contributed by atoms with Crippen LogP contribution in [-0.4, -0.2) is 137 Å². The molecule has 8 rings (SSSR count). The number of pyridine rings is 2. The number of hydrogen-bond acceptors (Lipinski definition) is 17. The van der Waals surface area contributed by atoms with Gasteiger partial charge in [0, 0.05) is 79.9 Å². The number of nitrogens with one attached hydrogen (secondary N) is 5. The zero-order valence-electron chi connectivity index (χ0n) is 44.6. The summed E-state index contributed by atoms with van der Waals surface area (Å²) in [6, 6.07) is 10.0. The van der Waals surface area contributed by atoms with Gasteiger partial charge in [0.25, 0.3) is 17.4 Å². The van der Waals surface area contributed by atoms with Crippen molar-refractivity contribution in [3.05, 3.63) is 110 Å². The molecule has 6 N–H and O–H groups in total. The number of rotatable bonds is 27. The summed E-state index contributed by atoms with van der Waals surface area (Å²) in [5.74, 6) is -5.38. The predicted octanol–water partition coefficient (Wildman–Crippen LogP) is 1.32. The molecule has 0 fully saturated rings. The van der Waals surface area contributed by atoms with E-state index in [1.54, 1.807) is 50.2 Å². The third-order valence-electron chi connectivity index (χ3n) is 14.5. The van der Waals surface area contributed by atoms with Crippen LogP contribution in [-0.2, 0) is 93.7 Å². The average Bonchev–Trinajstić information content (AvgIpc) is 3.89. The number of aromatic nitrogens is 2. The summed E-state index contributed by atoms with van der Waals surface area (Å²) in [4.78, 5) is 145. The van der Waals surface area contributed by atoms with Gasteiger partial charge in [0.05, 0.1) is 60.9 Å². The molecule has 0 spiro atoms.